The third-order valence-corrected chi connectivity index (χ3v) is 2.71. The number of ether oxygens (including phenoxy) is 2. The monoisotopic (exact) mass is 231 g/mol. The molecule has 1 atom stereocenters. The van der Waals surface area contributed by atoms with Crippen LogP contribution in [0.5, 0.6) is 0 Å². The van der Waals surface area contributed by atoms with Crippen molar-refractivity contribution in [2.45, 2.75) is 25.4 Å². The third-order valence-electron chi connectivity index (χ3n) is 2.71. The molecule has 0 aromatic rings. The lowest BCUT2D eigenvalue weighted by molar-refractivity contribution is -0.139. The molecule has 0 saturated carbocycles. The van der Waals surface area contributed by atoms with E-state index in [0.29, 0.717) is 19.7 Å². The van der Waals surface area contributed by atoms with Crippen molar-refractivity contribution in [3.8, 4) is 0 Å². The third kappa shape index (κ3) is 5.44. The minimum Gasteiger partial charge on any atom is -0.480 e. The van der Waals surface area contributed by atoms with Gasteiger partial charge in [0.2, 0.25) is 0 Å². The first-order valence-corrected chi connectivity index (χ1v) is 5.77. The van der Waals surface area contributed by atoms with E-state index in [2.05, 4.69) is 0 Å². The summed E-state index contributed by atoms with van der Waals surface area (Å²) < 4.78 is 10.6. The van der Waals surface area contributed by atoms with E-state index in [1.807, 2.05) is 4.90 Å². The van der Waals surface area contributed by atoms with Crippen molar-refractivity contribution < 1.29 is 19.4 Å². The summed E-state index contributed by atoms with van der Waals surface area (Å²) in [4.78, 5) is 12.6. The Kier molecular flexibility index (Phi) is 6.37. The second kappa shape index (κ2) is 7.60. The predicted octanol–water partition coefficient (Wildman–Crippen LogP) is 0.589. The van der Waals surface area contributed by atoms with E-state index in [1.54, 1.807) is 7.11 Å². The Bertz CT molecular complexity index is 204. The summed E-state index contributed by atoms with van der Waals surface area (Å²) in [6.45, 7) is 2.75. The zero-order valence-electron chi connectivity index (χ0n) is 9.85. The Balaban J connectivity index is 2.31. The van der Waals surface area contributed by atoms with Gasteiger partial charge in [-0.3, -0.25) is 9.69 Å². The maximum Gasteiger partial charge on any atom is 0.317 e. The molecule has 1 heterocycles. The summed E-state index contributed by atoms with van der Waals surface area (Å²) in [5.74, 6) is -0.799. The number of rotatable bonds is 7. The topological polar surface area (TPSA) is 59.0 Å². The van der Waals surface area contributed by atoms with Gasteiger partial charge in [0.05, 0.1) is 19.3 Å². The van der Waals surface area contributed by atoms with Crippen LogP contribution in [0, 0.1) is 0 Å². The predicted molar refractivity (Wildman–Crippen MR) is 59.5 cm³/mol. The normalized spacial score (nSPS) is 21.2. The van der Waals surface area contributed by atoms with Crippen molar-refractivity contribution in [1.29, 1.82) is 0 Å². The van der Waals surface area contributed by atoms with Crippen LogP contribution in [0.4, 0.5) is 0 Å². The van der Waals surface area contributed by atoms with Gasteiger partial charge in [-0.25, -0.2) is 0 Å². The molecule has 0 aliphatic carbocycles. The second-order valence-corrected chi connectivity index (χ2v) is 4.11. The fraction of sp³-hybridized carbons (Fsp3) is 0.909. The fourth-order valence-corrected chi connectivity index (χ4v) is 1.89. The molecule has 0 bridgehead atoms. The van der Waals surface area contributed by atoms with Crippen molar-refractivity contribution in [3.05, 3.63) is 0 Å². The average molecular weight is 231 g/mol. The molecule has 1 saturated heterocycles. The van der Waals surface area contributed by atoms with E-state index < -0.39 is 5.97 Å². The van der Waals surface area contributed by atoms with Gasteiger partial charge in [-0.05, 0) is 19.3 Å². The van der Waals surface area contributed by atoms with E-state index in [1.165, 1.54) is 6.42 Å². The van der Waals surface area contributed by atoms with Gasteiger partial charge in [0.25, 0.3) is 0 Å². The average Bonchev–Trinajstić information content (AvgIpc) is 2.26. The molecule has 1 unspecified atom stereocenters. The van der Waals surface area contributed by atoms with E-state index in [0.717, 1.165) is 19.4 Å². The molecule has 5 nitrogen and oxygen atoms in total. The molecule has 1 aliphatic rings. The number of nitrogens with zero attached hydrogens (tertiary/aromatic N) is 1. The first kappa shape index (κ1) is 13.4. The standard InChI is InChI=1S/C11H21NO4/c1-15-7-5-12(9-11(13)14)8-10-4-2-3-6-16-10/h10H,2-9H2,1H3,(H,13,14). The minimum atomic E-state index is -0.799. The lowest BCUT2D eigenvalue weighted by Gasteiger charge is -2.28. The van der Waals surface area contributed by atoms with E-state index >= 15 is 0 Å². The van der Waals surface area contributed by atoms with Gasteiger partial charge in [0, 0.05) is 26.8 Å². The van der Waals surface area contributed by atoms with Crippen LogP contribution in [0.25, 0.3) is 0 Å². The SMILES string of the molecule is COCCN(CC(=O)O)CC1CCCCO1. The first-order chi connectivity index (χ1) is 7.72. The molecule has 1 aliphatic heterocycles. The van der Waals surface area contributed by atoms with Crippen LogP contribution in [0.1, 0.15) is 19.3 Å². The summed E-state index contributed by atoms with van der Waals surface area (Å²) >= 11 is 0. The highest BCUT2D eigenvalue weighted by Gasteiger charge is 2.19. The Morgan fingerprint density at radius 2 is 2.38 bits per heavy atom. The van der Waals surface area contributed by atoms with Crippen LogP contribution in [0.3, 0.4) is 0 Å². The second-order valence-electron chi connectivity index (χ2n) is 4.11. The highest BCUT2D eigenvalue weighted by molar-refractivity contribution is 5.69. The molecular formula is C11H21NO4. The highest BCUT2D eigenvalue weighted by atomic mass is 16.5. The van der Waals surface area contributed by atoms with E-state index in [-0.39, 0.29) is 12.6 Å². The summed E-state index contributed by atoms with van der Waals surface area (Å²) in [7, 11) is 1.62. The molecular weight excluding hydrogens is 210 g/mol. The first-order valence-electron chi connectivity index (χ1n) is 5.77. The van der Waals surface area contributed by atoms with Gasteiger partial charge < -0.3 is 14.6 Å². The van der Waals surface area contributed by atoms with Gasteiger partial charge in [-0.1, -0.05) is 0 Å². The molecule has 1 rings (SSSR count). The smallest absolute Gasteiger partial charge is 0.317 e. The van der Waals surface area contributed by atoms with Crippen LogP contribution in [0.2, 0.25) is 0 Å². The molecule has 0 aromatic carbocycles. The van der Waals surface area contributed by atoms with Gasteiger partial charge in [-0.2, -0.15) is 0 Å². The van der Waals surface area contributed by atoms with E-state index in [9.17, 15) is 4.79 Å². The number of aliphatic carboxylic acids is 1. The lowest BCUT2D eigenvalue weighted by atomic mass is 10.1. The Hall–Kier alpha value is -0.650. The van der Waals surface area contributed by atoms with Gasteiger partial charge in [0.15, 0.2) is 0 Å². The van der Waals surface area contributed by atoms with Crippen LogP contribution in [-0.2, 0) is 14.3 Å². The summed E-state index contributed by atoms with van der Waals surface area (Å²) in [6.07, 6.45) is 3.51. The van der Waals surface area contributed by atoms with Crippen LogP contribution >= 0.6 is 0 Å². The fourth-order valence-electron chi connectivity index (χ4n) is 1.89. The zero-order chi connectivity index (χ0) is 11.8. The lowest BCUT2D eigenvalue weighted by Crippen LogP contribution is -2.40. The maximum atomic E-state index is 10.7. The number of carboxylic acids is 1. The molecule has 1 N–H and O–H groups in total. The molecule has 1 fully saturated rings. The molecule has 0 spiro atoms. The number of hydrogen-bond acceptors (Lipinski definition) is 4. The molecule has 0 aromatic heterocycles. The van der Waals surface area contributed by atoms with Crippen molar-refractivity contribution >= 4 is 5.97 Å². The largest absolute Gasteiger partial charge is 0.480 e. The number of carboxylic acid groups (broad SMARTS) is 1. The van der Waals surface area contributed by atoms with Gasteiger partial charge in [0.1, 0.15) is 0 Å². The number of hydrogen-bond donors (Lipinski definition) is 1. The van der Waals surface area contributed by atoms with Crippen molar-refractivity contribution in [3.63, 3.8) is 0 Å². The van der Waals surface area contributed by atoms with Crippen molar-refractivity contribution in [1.82, 2.24) is 4.90 Å². The highest BCUT2D eigenvalue weighted by Crippen LogP contribution is 2.13. The van der Waals surface area contributed by atoms with Crippen molar-refractivity contribution in [2.24, 2.45) is 0 Å². The molecule has 16 heavy (non-hydrogen) atoms. The summed E-state index contributed by atoms with van der Waals surface area (Å²) in [5, 5.41) is 8.79. The molecule has 0 amide bonds. The van der Waals surface area contributed by atoms with Crippen molar-refractivity contribution in [2.75, 3.05) is 40.0 Å². The maximum absolute atomic E-state index is 10.7. The van der Waals surface area contributed by atoms with E-state index in [4.69, 9.17) is 14.6 Å². The Morgan fingerprint density at radius 3 is 2.94 bits per heavy atom. The quantitative estimate of drug-likeness (QED) is 0.695. The molecule has 5 heteroatoms. The summed E-state index contributed by atoms with van der Waals surface area (Å²) in [5.41, 5.74) is 0. The molecule has 0 radical (unpaired) electrons. The van der Waals surface area contributed by atoms with Crippen LogP contribution in [-0.4, -0.2) is 62.0 Å². The Labute approximate surface area is 96.3 Å². The van der Waals surface area contributed by atoms with Crippen LogP contribution in [0.15, 0.2) is 0 Å². The summed E-state index contributed by atoms with van der Waals surface area (Å²) in [6, 6.07) is 0. The minimum absolute atomic E-state index is 0.0588. The Morgan fingerprint density at radius 1 is 1.56 bits per heavy atom. The molecule has 94 valence electrons. The zero-order valence-corrected chi connectivity index (χ0v) is 9.85. The number of carbonyl (C=O) groups is 1. The van der Waals surface area contributed by atoms with Crippen LogP contribution < -0.4 is 0 Å². The van der Waals surface area contributed by atoms with Gasteiger partial charge >= 0.3 is 5.97 Å². The number of methoxy groups -OCH3 is 1. The van der Waals surface area contributed by atoms with Gasteiger partial charge in [-0.15, -0.1) is 0 Å².